The second kappa shape index (κ2) is 5.75. The first-order chi connectivity index (χ1) is 9.54. The van der Waals surface area contributed by atoms with Gasteiger partial charge in [0.05, 0.1) is 7.11 Å². The first kappa shape index (κ1) is 14.1. The standard InChI is InChI=1S/C16H16O4/c1-16(18,15(17)19-2)12-8-10-14(11-9-12)20-13-6-4-3-5-7-13/h3-11,18H,1-2H3/t16-/m0/s1. The van der Waals surface area contributed by atoms with E-state index in [4.69, 9.17) is 4.74 Å². The summed E-state index contributed by atoms with van der Waals surface area (Å²) in [4.78, 5) is 11.5. The van der Waals surface area contributed by atoms with Crippen molar-refractivity contribution in [3.05, 3.63) is 60.2 Å². The maximum absolute atomic E-state index is 11.5. The highest BCUT2D eigenvalue weighted by molar-refractivity contribution is 5.80. The Labute approximate surface area is 117 Å². The zero-order chi connectivity index (χ0) is 14.6. The van der Waals surface area contributed by atoms with E-state index in [0.717, 1.165) is 5.75 Å². The van der Waals surface area contributed by atoms with Crippen molar-refractivity contribution >= 4 is 5.97 Å². The summed E-state index contributed by atoms with van der Waals surface area (Å²) in [7, 11) is 1.24. The van der Waals surface area contributed by atoms with Gasteiger partial charge >= 0.3 is 5.97 Å². The lowest BCUT2D eigenvalue weighted by atomic mass is 9.96. The molecular formula is C16H16O4. The van der Waals surface area contributed by atoms with Crippen LogP contribution in [0.3, 0.4) is 0 Å². The minimum Gasteiger partial charge on any atom is -0.467 e. The van der Waals surface area contributed by atoms with Crippen LogP contribution >= 0.6 is 0 Å². The number of ether oxygens (including phenoxy) is 2. The molecule has 0 aliphatic heterocycles. The highest BCUT2D eigenvalue weighted by Crippen LogP contribution is 2.26. The highest BCUT2D eigenvalue weighted by atomic mass is 16.5. The van der Waals surface area contributed by atoms with Crippen molar-refractivity contribution in [3.8, 4) is 11.5 Å². The molecule has 0 amide bonds. The predicted octanol–water partition coefficient (Wildman–Crippen LogP) is 2.86. The molecule has 0 aromatic heterocycles. The van der Waals surface area contributed by atoms with Crippen molar-refractivity contribution < 1.29 is 19.4 Å². The van der Waals surface area contributed by atoms with Gasteiger partial charge in [-0.1, -0.05) is 30.3 Å². The average Bonchev–Trinajstić information content (AvgIpc) is 2.48. The van der Waals surface area contributed by atoms with E-state index in [1.165, 1.54) is 14.0 Å². The Kier molecular flexibility index (Phi) is 4.05. The predicted molar refractivity (Wildman–Crippen MR) is 74.5 cm³/mol. The number of carbonyl (C=O) groups excluding carboxylic acids is 1. The largest absolute Gasteiger partial charge is 0.467 e. The Morgan fingerprint density at radius 1 is 1.00 bits per heavy atom. The van der Waals surface area contributed by atoms with Gasteiger partial charge in [0.2, 0.25) is 0 Å². The second-order valence-corrected chi connectivity index (χ2v) is 4.50. The van der Waals surface area contributed by atoms with Gasteiger partial charge in [-0.25, -0.2) is 4.79 Å². The fourth-order valence-corrected chi connectivity index (χ4v) is 1.79. The monoisotopic (exact) mass is 272 g/mol. The number of aliphatic hydroxyl groups is 1. The van der Waals surface area contributed by atoms with Gasteiger partial charge in [0, 0.05) is 0 Å². The van der Waals surface area contributed by atoms with E-state index >= 15 is 0 Å². The van der Waals surface area contributed by atoms with Crippen LogP contribution in [0.25, 0.3) is 0 Å². The molecule has 0 fully saturated rings. The Morgan fingerprint density at radius 2 is 1.55 bits per heavy atom. The molecule has 0 bridgehead atoms. The topological polar surface area (TPSA) is 55.8 Å². The Hall–Kier alpha value is -2.33. The lowest BCUT2D eigenvalue weighted by Gasteiger charge is -2.20. The number of methoxy groups -OCH3 is 1. The van der Waals surface area contributed by atoms with Crippen LogP contribution < -0.4 is 4.74 Å². The van der Waals surface area contributed by atoms with Gasteiger partial charge in [-0.2, -0.15) is 0 Å². The average molecular weight is 272 g/mol. The summed E-state index contributed by atoms with van der Waals surface area (Å²) in [6.07, 6.45) is 0. The van der Waals surface area contributed by atoms with Crippen molar-refractivity contribution in [1.82, 2.24) is 0 Å². The van der Waals surface area contributed by atoms with E-state index in [1.54, 1.807) is 24.3 Å². The molecule has 2 rings (SSSR count). The van der Waals surface area contributed by atoms with Crippen molar-refractivity contribution in [3.63, 3.8) is 0 Å². The summed E-state index contributed by atoms with van der Waals surface area (Å²) in [6, 6.07) is 16.0. The maximum Gasteiger partial charge on any atom is 0.342 e. The molecule has 0 saturated carbocycles. The Balaban J connectivity index is 2.16. The molecular weight excluding hydrogens is 256 g/mol. The van der Waals surface area contributed by atoms with Crippen LogP contribution in [0.4, 0.5) is 0 Å². The maximum atomic E-state index is 11.5. The first-order valence-electron chi connectivity index (χ1n) is 6.18. The number of esters is 1. The first-order valence-corrected chi connectivity index (χ1v) is 6.18. The van der Waals surface area contributed by atoms with E-state index in [9.17, 15) is 9.90 Å². The fourth-order valence-electron chi connectivity index (χ4n) is 1.79. The lowest BCUT2D eigenvalue weighted by molar-refractivity contribution is -0.161. The number of hydrogen-bond acceptors (Lipinski definition) is 4. The molecule has 0 radical (unpaired) electrons. The summed E-state index contributed by atoms with van der Waals surface area (Å²) in [5.41, 5.74) is -1.22. The fraction of sp³-hybridized carbons (Fsp3) is 0.188. The van der Waals surface area contributed by atoms with Crippen LogP contribution in [-0.2, 0) is 15.1 Å². The molecule has 1 atom stereocenters. The molecule has 2 aromatic rings. The second-order valence-electron chi connectivity index (χ2n) is 4.50. The quantitative estimate of drug-likeness (QED) is 0.869. The van der Waals surface area contributed by atoms with Crippen molar-refractivity contribution in [1.29, 1.82) is 0 Å². The highest BCUT2D eigenvalue weighted by Gasteiger charge is 2.33. The Morgan fingerprint density at radius 3 is 2.10 bits per heavy atom. The third-order valence-electron chi connectivity index (χ3n) is 2.98. The summed E-state index contributed by atoms with van der Waals surface area (Å²) < 4.78 is 10.2. The Bertz CT molecular complexity index is 573. The van der Waals surface area contributed by atoms with Gasteiger partial charge in [-0.3, -0.25) is 0 Å². The number of hydrogen-bond donors (Lipinski definition) is 1. The van der Waals surface area contributed by atoms with Gasteiger partial charge < -0.3 is 14.6 Å². The van der Waals surface area contributed by atoms with Gasteiger partial charge in [-0.05, 0) is 36.8 Å². The molecule has 20 heavy (non-hydrogen) atoms. The molecule has 4 heteroatoms. The van der Waals surface area contributed by atoms with E-state index in [1.807, 2.05) is 30.3 Å². The zero-order valence-corrected chi connectivity index (χ0v) is 11.4. The van der Waals surface area contributed by atoms with Crippen LogP contribution in [0.15, 0.2) is 54.6 Å². The third kappa shape index (κ3) is 2.97. The normalized spacial score (nSPS) is 13.3. The molecule has 0 spiro atoms. The minimum atomic E-state index is -1.67. The zero-order valence-electron chi connectivity index (χ0n) is 11.4. The number of benzene rings is 2. The van der Waals surface area contributed by atoms with Crippen LogP contribution in [-0.4, -0.2) is 18.2 Å². The molecule has 0 saturated heterocycles. The minimum absolute atomic E-state index is 0.449. The van der Waals surface area contributed by atoms with Crippen LogP contribution in [0.2, 0.25) is 0 Å². The van der Waals surface area contributed by atoms with E-state index in [0.29, 0.717) is 11.3 Å². The molecule has 0 heterocycles. The smallest absolute Gasteiger partial charge is 0.342 e. The summed E-state index contributed by atoms with van der Waals surface area (Å²) in [5.74, 6) is 0.648. The molecule has 104 valence electrons. The van der Waals surface area contributed by atoms with E-state index < -0.39 is 11.6 Å². The number of para-hydroxylation sites is 1. The SMILES string of the molecule is COC(=O)[C@@](C)(O)c1ccc(Oc2ccccc2)cc1. The third-order valence-corrected chi connectivity index (χ3v) is 2.98. The van der Waals surface area contributed by atoms with Crippen LogP contribution in [0.1, 0.15) is 12.5 Å². The van der Waals surface area contributed by atoms with E-state index in [2.05, 4.69) is 4.74 Å². The summed E-state index contributed by atoms with van der Waals surface area (Å²) in [6.45, 7) is 1.39. The summed E-state index contributed by atoms with van der Waals surface area (Å²) >= 11 is 0. The molecule has 1 N–H and O–H groups in total. The van der Waals surface area contributed by atoms with Crippen molar-refractivity contribution in [2.45, 2.75) is 12.5 Å². The molecule has 2 aromatic carbocycles. The summed E-state index contributed by atoms with van der Waals surface area (Å²) in [5, 5.41) is 10.1. The van der Waals surface area contributed by atoms with Gasteiger partial charge in [0.15, 0.2) is 5.60 Å². The molecule has 0 aliphatic rings. The lowest BCUT2D eigenvalue weighted by Crippen LogP contribution is -2.33. The van der Waals surface area contributed by atoms with Crippen molar-refractivity contribution in [2.75, 3.05) is 7.11 Å². The van der Waals surface area contributed by atoms with Gasteiger partial charge in [0.25, 0.3) is 0 Å². The van der Waals surface area contributed by atoms with E-state index in [-0.39, 0.29) is 0 Å². The number of rotatable bonds is 4. The van der Waals surface area contributed by atoms with Crippen LogP contribution in [0, 0.1) is 0 Å². The van der Waals surface area contributed by atoms with Gasteiger partial charge in [0.1, 0.15) is 11.5 Å². The van der Waals surface area contributed by atoms with Crippen LogP contribution in [0.5, 0.6) is 11.5 Å². The van der Waals surface area contributed by atoms with Crippen molar-refractivity contribution in [2.24, 2.45) is 0 Å². The van der Waals surface area contributed by atoms with Gasteiger partial charge in [-0.15, -0.1) is 0 Å². The molecule has 4 nitrogen and oxygen atoms in total. The number of carbonyl (C=O) groups is 1. The molecule has 0 unspecified atom stereocenters. The molecule has 0 aliphatic carbocycles.